The molecule has 1 aromatic carbocycles. The molecule has 0 saturated heterocycles. The molecule has 1 aromatic heterocycles. The summed E-state index contributed by atoms with van der Waals surface area (Å²) in [5, 5.41) is 10.1. The zero-order chi connectivity index (χ0) is 17.1. The van der Waals surface area contributed by atoms with E-state index >= 15 is 0 Å². The number of carbonyl (C=O) groups is 2. The summed E-state index contributed by atoms with van der Waals surface area (Å²) in [6, 6.07) is 7.18. The molecule has 0 aliphatic carbocycles. The summed E-state index contributed by atoms with van der Waals surface area (Å²) in [7, 11) is 1.45. The third-order valence-electron chi connectivity index (χ3n) is 3.26. The van der Waals surface area contributed by atoms with Gasteiger partial charge in [0.05, 0.1) is 14.4 Å². The van der Waals surface area contributed by atoms with Gasteiger partial charge in [0, 0.05) is 23.4 Å². The molecule has 0 bridgehead atoms. The number of thiophene rings is 1. The van der Waals surface area contributed by atoms with Crippen molar-refractivity contribution in [1.82, 2.24) is 4.90 Å². The van der Waals surface area contributed by atoms with Crippen LogP contribution in [0.5, 0.6) is 0 Å². The van der Waals surface area contributed by atoms with Gasteiger partial charge in [-0.05, 0) is 46.3 Å². The van der Waals surface area contributed by atoms with Crippen LogP contribution in [0, 0.1) is 0 Å². The molecule has 0 fully saturated rings. The second-order valence-electron chi connectivity index (χ2n) is 4.80. The molecule has 0 radical (unpaired) electrons. The summed E-state index contributed by atoms with van der Waals surface area (Å²) in [6.07, 6.45) is 0.221. The number of nitrogens with zero attached hydrogens (tertiary/aromatic N) is 1. The van der Waals surface area contributed by atoms with Gasteiger partial charge in [-0.1, -0.05) is 23.2 Å². The molecule has 0 aliphatic heterocycles. The zero-order valence-electron chi connectivity index (χ0n) is 11.9. The summed E-state index contributed by atoms with van der Waals surface area (Å²) in [5.41, 5.74) is 0.220. The SMILES string of the molecule is CN(C(=O)c1ccc(Cl)cc1Cl)[C@H](Cc1ccc(Br)s1)C(=O)O. The molecule has 2 rings (SSSR count). The molecule has 0 saturated carbocycles. The average Bonchev–Trinajstić information content (AvgIpc) is 2.88. The van der Waals surface area contributed by atoms with Crippen LogP contribution >= 0.6 is 50.5 Å². The maximum absolute atomic E-state index is 12.5. The minimum Gasteiger partial charge on any atom is -0.480 e. The number of hydrogen-bond donors (Lipinski definition) is 1. The molecule has 0 spiro atoms. The Morgan fingerprint density at radius 1 is 1.30 bits per heavy atom. The topological polar surface area (TPSA) is 57.6 Å². The van der Waals surface area contributed by atoms with Crippen LogP contribution in [-0.2, 0) is 11.2 Å². The second-order valence-corrected chi connectivity index (χ2v) is 8.20. The number of rotatable bonds is 5. The third kappa shape index (κ3) is 4.47. The van der Waals surface area contributed by atoms with Crippen LogP contribution in [-0.4, -0.2) is 35.0 Å². The van der Waals surface area contributed by atoms with Gasteiger partial charge in [-0.2, -0.15) is 0 Å². The zero-order valence-corrected chi connectivity index (χ0v) is 15.8. The Morgan fingerprint density at radius 3 is 2.52 bits per heavy atom. The van der Waals surface area contributed by atoms with E-state index in [9.17, 15) is 14.7 Å². The van der Waals surface area contributed by atoms with Crippen molar-refractivity contribution >= 4 is 62.3 Å². The van der Waals surface area contributed by atoms with Crippen molar-refractivity contribution in [3.63, 3.8) is 0 Å². The normalized spacial score (nSPS) is 12.0. The first-order valence-electron chi connectivity index (χ1n) is 6.49. The van der Waals surface area contributed by atoms with Crippen LogP contribution in [0.4, 0.5) is 0 Å². The quantitative estimate of drug-likeness (QED) is 0.745. The van der Waals surface area contributed by atoms with Gasteiger partial charge in [-0.3, -0.25) is 4.79 Å². The van der Waals surface area contributed by atoms with Gasteiger partial charge in [0.2, 0.25) is 0 Å². The Balaban J connectivity index is 2.24. The van der Waals surface area contributed by atoms with Gasteiger partial charge >= 0.3 is 5.97 Å². The summed E-state index contributed by atoms with van der Waals surface area (Å²) in [5.74, 6) is -1.54. The van der Waals surface area contributed by atoms with E-state index in [1.54, 1.807) is 6.07 Å². The number of benzene rings is 1. The Morgan fingerprint density at radius 2 is 2.00 bits per heavy atom. The van der Waals surface area contributed by atoms with Gasteiger partial charge in [-0.15, -0.1) is 11.3 Å². The molecule has 23 heavy (non-hydrogen) atoms. The van der Waals surface area contributed by atoms with Crippen LogP contribution in [0.15, 0.2) is 34.1 Å². The highest BCUT2D eigenvalue weighted by Crippen LogP contribution is 2.26. The van der Waals surface area contributed by atoms with Crippen LogP contribution in [0.2, 0.25) is 10.0 Å². The number of amides is 1. The molecule has 0 aliphatic rings. The predicted octanol–water partition coefficient (Wildman–Crippen LogP) is 4.59. The van der Waals surface area contributed by atoms with E-state index in [-0.39, 0.29) is 17.0 Å². The first kappa shape index (κ1) is 18.3. The van der Waals surface area contributed by atoms with E-state index in [1.165, 1.54) is 35.4 Å². The van der Waals surface area contributed by atoms with E-state index in [0.717, 1.165) is 8.66 Å². The fourth-order valence-corrected chi connectivity index (χ4v) is 4.05. The van der Waals surface area contributed by atoms with Crippen LogP contribution in [0.25, 0.3) is 0 Å². The van der Waals surface area contributed by atoms with Gasteiger partial charge in [0.25, 0.3) is 5.91 Å². The minimum atomic E-state index is -1.07. The Bertz CT molecular complexity index is 750. The highest BCUT2D eigenvalue weighted by atomic mass is 79.9. The van der Waals surface area contributed by atoms with Crippen molar-refractivity contribution in [2.24, 2.45) is 0 Å². The minimum absolute atomic E-state index is 0.192. The summed E-state index contributed by atoms with van der Waals surface area (Å²) in [6.45, 7) is 0. The van der Waals surface area contributed by atoms with Crippen molar-refractivity contribution in [3.8, 4) is 0 Å². The predicted molar refractivity (Wildman–Crippen MR) is 95.7 cm³/mol. The summed E-state index contributed by atoms with van der Waals surface area (Å²) >= 11 is 16.6. The highest BCUT2D eigenvalue weighted by Gasteiger charge is 2.29. The fraction of sp³-hybridized carbons (Fsp3) is 0.200. The maximum Gasteiger partial charge on any atom is 0.326 e. The monoisotopic (exact) mass is 435 g/mol. The van der Waals surface area contributed by atoms with Crippen LogP contribution in [0.1, 0.15) is 15.2 Å². The largest absolute Gasteiger partial charge is 0.480 e. The maximum atomic E-state index is 12.5. The number of halogens is 3. The molecule has 4 nitrogen and oxygen atoms in total. The Kier molecular flexibility index (Phi) is 6.08. The molecular weight excluding hydrogens is 425 g/mol. The van der Waals surface area contributed by atoms with Crippen molar-refractivity contribution in [1.29, 1.82) is 0 Å². The third-order valence-corrected chi connectivity index (χ3v) is 5.45. The molecular formula is C15H12BrCl2NO3S. The molecule has 0 unspecified atom stereocenters. The lowest BCUT2D eigenvalue weighted by Gasteiger charge is -2.25. The molecule has 1 atom stereocenters. The standard InChI is InChI=1S/C15H12BrCl2NO3S/c1-19(14(20)10-4-2-8(17)6-11(10)18)12(15(21)22)7-9-3-5-13(16)23-9/h2-6,12H,7H2,1H3,(H,21,22)/t12-/m1/s1. The van der Waals surface area contributed by atoms with E-state index in [4.69, 9.17) is 23.2 Å². The number of aliphatic carboxylic acids is 1. The molecule has 1 N–H and O–H groups in total. The second kappa shape index (κ2) is 7.66. The summed E-state index contributed by atoms with van der Waals surface area (Å²) in [4.78, 5) is 26.2. The molecule has 8 heteroatoms. The molecule has 2 aromatic rings. The molecule has 122 valence electrons. The van der Waals surface area contributed by atoms with Gasteiger partial charge in [-0.25, -0.2) is 4.79 Å². The Hall–Kier alpha value is -1.08. The van der Waals surface area contributed by atoms with E-state index in [0.29, 0.717) is 5.02 Å². The van der Waals surface area contributed by atoms with Crippen molar-refractivity contribution in [2.45, 2.75) is 12.5 Å². The lowest BCUT2D eigenvalue weighted by atomic mass is 10.1. The highest BCUT2D eigenvalue weighted by molar-refractivity contribution is 9.11. The van der Waals surface area contributed by atoms with Gasteiger partial charge < -0.3 is 10.0 Å². The molecule has 1 heterocycles. The Labute approximate surface area is 155 Å². The number of carboxylic acid groups (broad SMARTS) is 1. The van der Waals surface area contributed by atoms with Crippen LogP contribution < -0.4 is 0 Å². The number of hydrogen-bond acceptors (Lipinski definition) is 3. The number of carbonyl (C=O) groups excluding carboxylic acids is 1. The fourth-order valence-electron chi connectivity index (χ4n) is 2.04. The van der Waals surface area contributed by atoms with E-state index in [2.05, 4.69) is 15.9 Å². The van der Waals surface area contributed by atoms with Gasteiger partial charge in [0.15, 0.2) is 0 Å². The number of likely N-dealkylation sites (N-methyl/N-ethyl adjacent to an activating group) is 1. The van der Waals surface area contributed by atoms with E-state index in [1.807, 2.05) is 12.1 Å². The first-order chi connectivity index (χ1) is 10.8. The molecule has 1 amide bonds. The first-order valence-corrected chi connectivity index (χ1v) is 8.85. The van der Waals surface area contributed by atoms with Crippen molar-refractivity contribution < 1.29 is 14.7 Å². The lowest BCUT2D eigenvalue weighted by molar-refractivity contribution is -0.141. The van der Waals surface area contributed by atoms with Crippen molar-refractivity contribution in [3.05, 3.63) is 54.6 Å². The lowest BCUT2D eigenvalue weighted by Crippen LogP contribution is -2.43. The summed E-state index contributed by atoms with van der Waals surface area (Å²) < 4.78 is 0.909. The van der Waals surface area contributed by atoms with Crippen LogP contribution in [0.3, 0.4) is 0 Å². The smallest absolute Gasteiger partial charge is 0.326 e. The average molecular weight is 437 g/mol. The van der Waals surface area contributed by atoms with E-state index < -0.39 is 17.9 Å². The van der Waals surface area contributed by atoms with Crippen molar-refractivity contribution in [2.75, 3.05) is 7.05 Å². The number of carboxylic acids is 1. The van der Waals surface area contributed by atoms with Gasteiger partial charge in [0.1, 0.15) is 6.04 Å².